The highest BCUT2D eigenvalue weighted by Crippen LogP contribution is 2.27. The Morgan fingerprint density at radius 3 is 2.72 bits per heavy atom. The van der Waals surface area contributed by atoms with Crippen LogP contribution in [-0.2, 0) is 0 Å². The number of carbonyl (C=O) groups is 1. The molecule has 3 heterocycles. The SMILES string of the molecule is Cc1ccc2oc(C(=O)Nc3cc(-c4ccncc4)[nH]n3)c(C)c2c1. The van der Waals surface area contributed by atoms with Gasteiger partial charge in [0.05, 0.1) is 5.69 Å². The minimum atomic E-state index is -0.320. The number of pyridine rings is 1. The largest absolute Gasteiger partial charge is 0.451 e. The fraction of sp³-hybridized carbons (Fsp3) is 0.105. The van der Waals surface area contributed by atoms with E-state index in [0.29, 0.717) is 17.2 Å². The number of hydrogen-bond donors (Lipinski definition) is 2. The molecule has 0 aliphatic carbocycles. The molecule has 0 radical (unpaired) electrons. The molecule has 4 rings (SSSR count). The Labute approximate surface area is 143 Å². The highest BCUT2D eigenvalue weighted by molar-refractivity contribution is 6.06. The maximum atomic E-state index is 12.6. The average Bonchev–Trinajstić information content (AvgIpc) is 3.21. The summed E-state index contributed by atoms with van der Waals surface area (Å²) in [6.07, 6.45) is 3.41. The number of carbonyl (C=O) groups excluding carboxylic acids is 1. The Morgan fingerprint density at radius 2 is 1.92 bits per heavy atom. The van der Waals surface area contributed by atoms with E-state index in [0.717, 1.165) is 27.8 Å². The second kappa shape index (κ2) is 5.90. The summed E-state index contributed by atoms with van der Waals surface area (Å²) in [7, 11) is 0. The van der Waals surface area contributed by atoms with Gasteiger partial charge in [-0.1, -0.05) is 11.6 Å². The summed E-state index contributed by atoms with van der Waals surface area (Å²) in [5, 5.41) is 10.8. The van der Waals surface area contributed by atoms with E-state index in [9.17, 15) is 4.79 Å². The number of amides is 1. The molecular formula is C19H16N4O2. The molecule has 0 atom stereocenters. The first kappa shape index (κ1) is 15.1. The summed E-state index contributed by atoms with van der Waals surface area (Å²) in [6, 6.07) is 11.4. The van der Waals surface area contributed by atoms with Crippen LogP contribution < -0.4 is 5.32 Å². The van der Waals surface area contributed by atoms with Gasteiger partial charge < -0.3 is 9.73 Å². The molecule has 0 unspecified atom stereocenters. The highest BCUT2D eigenvalue weighted by atomic mass is 16.3. The van der Waals surface area contributed by atoms with Crippen molar-refractivity contribution in [1.82, 2.24) is 15.2 Å². The molecule has 0 aliphatic heterocycles. The monoisotopic (exact) mass is 332 g/mol. The maximum Gasteiger partial charge on any atom is 0.292 e. The predicted octanol–water partition coefficient (Wildman–Crippen LogP) is 4.09. The van der Waals surface area contributed by atoms with Gasteiger partial charge in [0.2, 0.25) is 0 Å². The number of rotatable bonds is 3. The van der Waals surface area contributed by atoms with Crippen LogP contribution in [0.5, 0.6) is 0 Å². The van der Waals surface area contributed by atoms with Gasteiger partial charge in [0.25, 0.3) is 5.91 Å². The van der Waals surface area contributed by atoms with E-state index in [1.54, 1.807) is 18.5 Å². The molecule has 0 bridgehead atoms. The third kappa shape index (κ3) is 2.78. The number of fused-ring (bicyclic) bond motifs is 1. The van der Waals surface area contributed by atoms with Crippen molar-refractivity contribution in [3.8, 4) is 11.3 Å². The lowest BCUT2D eigenvalue weighted by Crippen LogP contribution is -2.12. The van der Waals surface area contributed by atoms with Crippen LogP contribution in [0.4, 0.5) is 5.82 Å². The summed E-state index contributed by atoms with van der Waals surface area (Å²) < 4.78 is 5.72. The number of anilines is 1. The van der Waals surface area contributed by atoms with Crippen molar-refractivity contribution in [1.29, 1.82) is 0 Å². The molecule has 6 nitrogen and oxygen atoms in total. The molecule has 0 aliphatic rings. The van der Waals surface area contributed by atoms with Crippen LogP contribution in [0.15, 0.2) is 53.2 Å². The van der Waals surface area contributed by atoms with E-state index in [4.69, 9.17) is 4.42 Å². The van der Waals surface area contributed by atoms with Crippen LogP contribution in [0.1, 0.15) is 21.7 Å². The minimum absolute atomic E-state index is 0.300. The lowest BCUT2D eigenvalue weighted by Gasteiger charge is -1.99. The van der Waals surface area contributed by atoms with Crippen molar-refractivity contribution < 1.29 is 9.21 Å². The minimum Gasteiger partial charge on any atom is -0.451 e. The molecule has 25 heavy (non-hydrogen) atoms. The predicted molar refractivity (Wildman–Crippen MR) is 95.5 cm³/mol. The molecule has 1 amide bonds. The molecule has 0 spiro atoms. The lowest BCUT2D eigenvalue weighted by molar-refractivity contribution is 0.0997. The number of nitrogens with one attached hydrogen (secondary N) is 2. The van der Waals surface area contributed by atoms with Crippen LogP contribution in [0.3, 0.4) is 0 Å². The van der Waals surface area contributed by atoms with Gasteiger partial charge in [-0.25, -0.2) is 0 Å². The summed E-state index contributed by atoms with van der Waals surface area (Å²) in [5.41, 5.74) is 4.39. The number of benzene rings is 1. The van der Waals surface area contributed by atoms with Crippen molar-refractivity contribution in [3.05, 3.63) is 65.7 Å². The molecule has 6 heteroatoms. The number of hydrogen-bond acceptors (Lipinski definition) is 4. The van der Waals surface area contributed by atoms with E-state index in [1.165, 1.54) is 0 Å². The van der Waals surface area contributed by atoms with Crippen molar-refractivity contribution in [3.63, 3.8) is 0 Å². The van der Waals surface area contributed by atoms with Gasteiger partial charge in [-0.15, -0.1) is 0 Å². The Morgan fingerprint density at radius 1 is 1.12 bits per heavy atom. The smallest absolute Gasteiger partial charge is 0.292 e. The molecule has 1 aromatic carbocycles. The number of furan rings is 1. The molecule has 3 aromatic heterocycles. The van der Waals surface area contributed by atoms with Crippen LogP contribution in [-0.4, -0.2) is 21.1 Å². The summed E-state index contributed by atoms with van der Waals surface area (Å²) >= 11 is 0. The fourth-order valence-electron chi connectivity index (χ4n) is 2.79. The summed E-state index contributed by atoms with van der Waals surface area (Å²) in [5.74, 6) is 0.418. The molecular weight excluding hydrogens is 316 g/mol. The second-order valence-corrected chi connectivity index (χ2v) is 5.91. The van der Waals surface area contributed by atoms with Crippen molar-refractivity contribution in [2.24, 2.45) is 0 Å². The lowest BCUT2D eigenvalue weighted by atomic mass is 10.1. The van der Waals surface area contributed by atoms with Crippen LogP contribution in [0, 0.1) is 13.8 Å². The Kier molecular flexibility index (Phi) is 3.57. The van der Waals surface area contributed by atoms with E-state index in [-0.39, 0.29) is 5.91 Å². The Balaban J connectivity index is 1.61. The zero-order valence-corrected chi connectivity index (χ0v) is 13.8. The van der Waals surface area contributed by atoms with Gasteiger partial charge >= 0.3 is 0 Å². The zero-order valence-electron chi connectivity index (χ0n) is 13.8. The van der Waals surface area contributed by atoms with Crippen molar-refractivity contribution in [2.45, 2.75) is 13.8 Å². The molecule has 2 N–H and O–H groups in total. The number of aryl methyl sites for hydroxylation is 2. The first-order valence-electron chi connectivity index (χ1n) is 7.89. The number of aromatic nitrogens is 3. The van der Waals surface area contributed by atoms with Gasteiger partial charge in [0.15, 0.2) is 11.6 Å². The molecule has 0 fully saturated rings. The van der Waals surface area contributed by atoms with Crippen LogP contribution >= 0.6 is 0 Å². The summed E-state index contributed by atoms with van der Waals surface area (Å²) in [6.45, 7) is 3.89. The van der Waals surface area contributed by atoms with E-state index in [1.807, 2.05) is 44.2 Å². The highest BCUT2D eigenvalue weighted by Gasteiger charge is 2.18. The van der Waals surface area contributed by atoms with Crippen LogP contribution in [0.2, 0.25) is 0 Å². The molecule has 0 saturated carbocycles. The van der Waals surface area contributed by atoms with Gasteiger partial charge in [-0.05, 0) is 38.1 Å². The van der Waals surface area contributed by atoms with E-state index < -0.39 is 0 Å². The zero-order chi connectivity index (χ0) is 17.4. The molecule has 4 aromatic rings. The van der Waals surface area contributed by atoms with Gasteiger partial charge in [0, 0.05) is 35.0 Å². The van der Waals surface area contributed by atoms with Crippen molar-refractivity contribution in [2.75, 3.05) is 5.32 Å². The third-order valence-corrected chi connectivity index (χ3v) is 4.11. The quantitative estimate of drug-likeness (QED) is 0.592. The third-order valence-electron chi connectivity index (χ3n) is 4.11. The second-order valence-electron chi connectivity index (χ2n) is 5.91. The van der Waals surface area contributed by atoms with Gasteiger partial charge in [-0.3, -0.25) is 14.9 Å². The van der Waals surface area contributed by atoms with E-state index >= 15 is 0 Å². The first-order chi connectivity index (χ1) is 12.1. The number of nitrogens with zero attached hydrogens (tertiary/aromatic N) is 2. The van der Waals surface area contributed by atoms with Gasteiger partial charge in [0.1, 0.15) is 5.58 Å². The molecule has 124 valence electrons. The fourth-order valence-corrected chi connectivity index (χ4v) is 2.79. The van der Waals surface area contributed by atoms with Crippen LogP contribution in [0.25, 0.3) is 22.2 Å². The maximum absolute atomic E-state index is 12.6. The standard InChI is InChI=1S/C19H16N4O2/c1-11-3-4-16-14(9-11)12(2)18(25-16)19(24)21-17-10-15(22-23-17)13-5-7-20-8-6-13/h3-10H,1-2H3,(H2,21,22,23,24). The Bertz CT molecular complexity index is 1060. The average molecular weight is 332 g/mol. The first-order valence-corrected chi connectivity index (χ1v) is 7.89. The number of aromatic amines is 1. The summed E-state index contributed by atoms with van der Waals surface area (Å²) in [4.78, 5) is 16.6. The number of H-pyrrole nitrogens is 1. The normalized spacial score (nSPS) is 11.0. The van der Waals surface area contributed by atoms with Crippen molar-refractivity contribution >= 4 is 22.7 Å². The Hall–Kier alpha value is -3.41. The van der Waals surface area contributed by atoms with Gasteiger partial charge in [-0.2, -0.15) is 5.10 Å². The topological polar surface area (TPSA) is 83.8 Å². The molecule has 0 saturated heterocycles. The van der Waals surface area contributed by atoms with E-state index in [2.05, 4.69) is 20.5 Å².